The fourth-order valence-corrected chi connectivity index (χ4v) is 2.95. The van der Waals surface area contributed by atoms with Gasteiger partial charge in [-0.15, -0.1) is 0 Å². The molecule has 140 valence electrons. The average molecular weight is 370 g/mol. The predicted molar refractivity (Wildman–Crippen MR) is 96.4 cm³/mol. The lowest BCUT2D eigenvalue weighted by Gasteiger charge is -2.14. The summed E-state index contributed by atoms with van der Waals surface area (Å²) in [4.78, 5) is 36.9. The monoisotopic (exact) mass is 370 g/mol. The van der Waals surface area contributed by atoms with Crippen LogP contribution in [0.5, 0.6) is 11.5 Å². The number of carbonyl (C=O) groups excluding carboxylic acids is 2. The van der Waals surface area contributed by atoms with Crippen LogP contribution in [-0.2, 0) is 9.59 Å². The molecule has 0 radical (unpaired) electrons. The third kappa shape index (κ3) is 3.33. The lowest BCUT2D eigenvalue weighted by Crippen LogP contribution is -2.27. The first-order valence-electron chi connectivity index (χ1n) is 8.28. The molecule has 1 saturated carbocycles. The van der Waals surface area contributed by atoms with Crippen LogP contribution in [-0.4, -0.2) is 40.7 Å². The van der Waals surface area contributed by atoms with Gasteiger partial charge in [0.1, 0.15) is 11.3 Å². The normalized spacial score (nSPS) is 14.2. The molecule has 8 heteroatoms. The van der Waals surface area contributed by atoms with Crippen LogP contribution in [0.15, 0.2) is 40.8 Å². The van der Waals surface area contributed by atoms with E-state index < -0.39 is 22.9 Å². The highest BCUT2D eigenvalue weighted by molar-refractivity contribution is 6.25. The predicted octanol–water partition coefficient (Wildman–Crippen LogP) is 1.84. The number of nitrogens with zero attached hydrogens (tertiary/aromatic N) is 2. The van der Waals surface area contributed by atoms with Crippen LogP contribution in [0.25, 0.3) is 11.4 Å². The van der Waals surface area contributed by atoms with Gasteiger partial charge in [-0.2, -0.15) is 9.78 Å². The van der Waals surface area contributed by atoms with Crippen molar-refractivity contribution in [3.63, 3.8) is 0 Å². The first-order chi connectivity index (χ1) is 13.0. The van der Waals surface area contributed by atoms with Crippen molar-refractivity contribution < 1.29 is 24.2 Å². The molecule has 0 spiro atoms. The summed E-state index contributed by atoms with van der Waals surface area (Å²) in [6, 6.07) is 6.04. The number of Topliss-reactive ketones (excluding diaryl/α,β-unsaturated/α-hetero) is 2. The summed E-state index contributed by atoms with van der Waals surface area (Å²) in [7, 11) is 2.95. The molecule has 1 aromatic carbocycles. The summed E-state index contributed by atoms with van der Waals surface area (Å²) in [6.07, 6.45) is 2.09. The zero-order valence-corrected chi connectivity index (χ0v) is 14.9. The van der Waals surface area contributed by atoms with E-state index in [2.05, 4.69) is 5.10 Å². The summed E-state index contributed by atoms with van der Waals surface area (Å²) in [6.45, 7) is 0. The van der Waals surface area contributed by atoms with E-state index in [9.17, 15) is 19.5 Å². The summed E-state index contributed by atoms with van der Waals surface area (Å²) >= 11 is 0. The molecular formula is C19H18N2O6. The Morgan fingerprint density at radius 2 is 1.70 bits per heavy atom. The van der Waals surface area contributed by atoms with E-state index in [-0.39, 0.29) is 24.0 Å². The Labute approximate surface area is 154 Å². The van der Waals surface area contributed by atoms with E-state index in [4.69, 9.17) is 9.47 Å². The highest BCUT2D eigenvalue weighted by atomic mass is 16.5. The van der Waals surface area contributed by atoms with Gasteiger partial charge >= 0.3 is 0 Å². The van der Waals surface area contributed by atoms with E-state index in [1.807, 2.05) is 0 Å². The van der Waals surface area contributed by atoms with Gasteiger partial charge in [-0.3, -0.25) is 14.4 Å². The molecule has 0 aliphatic heterocycles. The zero-order chi connectivity index (χ0) is 19.6. The molecule has 1 aliphatic rings. The van der Waals surface area contributed by atoms with E-state index in [0.717, 1.165) is 4.68 Å². The number of ether oxygens (including phenoxy) is 2. The van der Waals surface area contributed by atoms with E-state index in [1.54, 1.807) is 18.2 Å². The van der Waals surface area contributed by atoms with Crippen LogP contribution in [0.4, 0.5) is 0 Å². The standard InChI is InChI=1S/C19H18N2O6/c1-26-15-7-6-11(10-16(15)27-2)21-19(25)12(8-9-20-21)18(24)17-13(22)4-3-5-14(17)23/h6-10,24H,3-5H2,1-2H3. The summed E-state index contributed by atoms with van der Waals surface area (Å²) in [5.74, 6) is -0.648. The largest absolute Gasteiger partial charge is 0.506 e. The minimum absolute atomic E-state index is 0.167. The third-order valence-corrected chi connectivity index (χ3v) is 4.32. The number of allylic oxidation sites excluding steroid dienone is 1. The van der Waals surface area contributed by atoms with E-state index in [1.165, 1.54) is 26.5 Å². The maximum Gasteiger partial charge on any atom is 0.282 e. The molecule has 0 unspecified atom stereocenters. The van der Waals surface area contributed by atoms with Gasteiger partial charge in [0.25, 0.3) is 5.56 Å². The second-order valence-electron chi connectivity index (χ2n) is 5.92. The minimum Gasteiger partial charge on any atom is -0.506 e. The van der Waals surface area contributed by atoms with Crippen LogP contribution in [0.2, 0.25) is 0 Å². The number of aromatic nitrogens is 2. The Morgan fingerprint density at radius 1 is 1.04 bits per heavy atom. The van der Waals surface area contributed by atoms with Crippen molar-refractivity contribution in [2.45, 2.75) is 19.3 Å². The molecule has 27 heavy (non-hydrogen) atoms. The Balaban J connectivity index is 2.14. The van der Waals surface area contributed by atoms with Crippen molar-refractivity contribution in [1.29, 1.82) is 0 Å². The quantitative estimate of drug-likeness (QED) is 0.497. The Hall–Kier alpha value is -3.42. The van der Waals surface area contributed by atoms with Crippen molar-refractivity contribution in [3.8, 4) is 17.2 Å². The lowest BCUT2D eigenvalue weighted by atomic mass is 9.90. The molecule has 1 aliphatic carbocycles. The summed E-state index contributed by atoms with van der Waals surface area (Å²) < 4.78 is 11.4. The van der Waals surface area contributed by atoms with Gasteiger partial charge in [0.05, 0.1) is 25.5 Å². The van der Waals surface area contributed by atoms with Crippen LogP contribution in [0.1, 0.15) is 24.8 Å². The van der Waals surface area contributed by atoms with Crippen molar-refractivity contribution in [1.82, 2.24) is 9.78 Å². The smallest absolute Gasteiger partial charge is 0.282 e. The first-order valence-corrected chi connectivity index (χ1v) is 8.28. The molecule has 1 N–H and O–H groups in total. The molecule has 1 aromatic heterocycles. The van der Waals surface area contributed by atoms with E-state index in [0.29, 0.717) is 23.6 Å². The van der Waals surface area contributed by atoms with Gasteiger partial charge < -0.3 is 14.6 Å². The molecule has 1 heterocycles. The average Bonchev–Trinajstić information content (AvgIpc) is 2.67. The number of aliphatic hydroxyl groups is 1. The number of benzene rings is 1. The van der Waals surface area contributed by atoms with Crippen LogP contribution in [0.3, 0.4) is 0 Å². The Morgan fingerprint density at radius 3 is 2.33 bits per heavy atom. The molecule has 8 nitrogen and oxygen atoms in total. The number of ketones is 2. The maximum absolute atomic E-state index is 12.8. The highest BCUT2D eigenvalue weighted by Crippen LogP contribution is 2.28. The highest BCUT2D eigenvalue weighted by Gasteiger charge is 2.28. The SMILES string of the molecule is COc1ccc(-n2nccc(C(O)=C3C(=O)CCCC3=O)c2=O)cc1OC. The molecule has 1 fully saturated rings. The Kier molecular flexibility index (Phi) is 5.07. The van der Waals surface area contributed by atoms with Gasteiger partial charge in [0.2, 0.25) is 0 Å². The molecule has 0 saturated heterocycles. The minimum atomic E-state index is -0.666. The molecule has 0 bridgehead atoms. The number of methoxy groups -OCH3 is 2. The van der Waals surface area contributed by atoms with Gasteiger partial charge in [-0.25, -0.2) is 0 Å². The topological polar surface area (TPSA) is 108 Å². The molecule has 3 rings (SSSR count). The summed E-state index contributed by atoms with van der Waals surface area (Å²) in [5, 5.41) is 14.5. The number of aliphatic hydroxyl groups excluding tert-OH is 1. The lowest BCUT2D eigenvalue weighted by molar-refractivity contribution is -0.123. The fourth-order valence-electron chi connectivity index (χ4n) is 2.95. The zero-order valence-electron chi connectivity index (χ0n) is 14.9. The van der Waals surface area contributed by atoms with Gasteiger partial charge in [0, 0.05) is 25.1 Å². The molecule has 0 amide bonds. The maximum atomic E-state index is 12.8. The van der Waals surface area contributed by atoms with Gasteiger partial charge in [0.15, 0.2) is 23.1 Å². The Bertz CT molecular complexity index is 987. The number of rotatable bonds is 4. The van der Waals surface area contributed by atoms with Crippen molar-refractivity contribution >= 4 is 17.3 Å². The second kappa shape index (κ2) is 7.45. The van der Waals surface area contributed by atoms with Crippen LogP contribution in [0, 0.1) is 0 Å². The van der Waals surface area contributed by atoms with Crippen molar-refractivity contribution in [3.05, 3.63) is 52.0 Å². The number of hydrogen-bond acceptors (Lipinski definition) is 7. The van der Waals surface area contributed by atoms with E-state index >= 15 is 0 Å². The first kappa shape index (κ1) is 18.4. The second-order valence-corrected chi connectivity index (χ2v) is 5.92. The number of carbonyl (C=O) groups is 2. The molecule has 0 atom stereocenters. The molecular weight excluding hydrogens is 352 g/mol. The third-order valence-electron chi connectivity index (χ3n) is 4.32. The molecule has 2 aromatic rings. The van der Waals surface area contributed by atoms with Crippen molar-refractivity contribution in [2.75, 3.05) is 14.2 Å². The van der Waals surface area contributed by atoms with Crippen molar-refractivity contribution in [2.24, 2.45) is 0 Å². The van der Waals surface area contributed by atoms with Gasteiger partial charge in [-0.05, 0) is 24.6 Å². The van der Waals surface area contributed by atoms with Crippen LogP contribution >= 0.6 is 0 Å². The summed E-state index contributed by atoms with van der Waals surface area (Å²) in [5.41, 5.74) is -0.777. The van der Waals surface area contributed by atoms with Crippen LogP contribution < -0.4 is 15.0 Å². The number of hydrogen-bond donors (Lipinski definition) is 1. The van der Waals surface area contributed by atoms with Gasteiger partial charge in [-0.1, -0.05) is 0 Å². The fraction of sp³-hybridized carbons (Fsp3) is 0.263.